The standard InChI is InChI=1S/C42H30N2/c1-42(2)35-21-11-10-16-29(35)30-25-24-27(26-36(30)42)39-31-17-6-8-19-33(31)40(34-20-9-7-18-32(34)39)41-43-37-22-12-13-23-38(37)44(41)28-14-4-3-5-15-28/h3-26H,1-2H3/i3D,4D,5D,14D,15D. The molecule has 8 aromatic rings. The summed E-state index contributed by atoms with van der Waals surface area (Å²) < 4.78 is 44.9. The van der Waals surface area contributed by atoms with E-state index < -0.39 is 6.04 Å². The van der Waals surface area contributed by atoms with Gasteiger partial charge < -0.3 is 0 Å². The summed E-state index contributed by atoms with van der Waals surface area (Å²) in [6.45, 7) is 4.59. The van der Waals surface area contributed by atoms with Gasteiger partial charge in [-0.2, -0.15) is 0 Å². The minimum atomic E-state index is -0.425. The maximum atomic E-state index is 8.94. The van der Waals surface area contributed by atoms with Gasteiger partial charge >= 0.3 is 0 Å². The first-order valence-corrected chi connectivity index (χ1v) is 14.9. The van der Waals surface area contributed by atoms with Gasteiger partial charge in [0.15, 0.2) is 0 Å². The lowest BCUT2D eigenvalue weighted by atomic mass is 9.80. The maximum Gasteiger partial charge on any atom is 0.146 e. The first-order valence-electron chi connectivity index (χ1n) is 17.4. The van der Waals surface area contributed by atoms with Crippen LogP contribution in [0.5, 0.6) is 0 Å². The van der Waals surface area contributed by atoms with Crippen molar-refractivity contribution in [3.05, 3.63) is 157 Å². The van der Waals surface area contributed by atoms with Gasteiger partial charge in [0.1, 0.15) is 5.82 Å². The predicted molar refractivity (Wildman–Crippen MR) is 185 cm³/mol. The van der Waals surface area contributed by atoms with Gasteiger partial charge in [-0.05, 0) is 85.2 Å². The first kappa shape index (κ1) is 20.4. The van der Waals surface area contributed by atoms with Crippen LogP contribution in [0.2, 0.25) is 0 Å². The molecule has 1 aliphatic rings. The summed E-state index contributed by atoms with van der Waals surface area (Å²) in [5.74, 6) is 0.518. The van der Waals surface area contributed by atoms with Crippen molar-refractivity contribution in [1.82, 2.24) is 9.55 Å². The van der Waals surface area contributed by atoms with E-state index in [2.05, 4.69) is 92.7 Å². The molecule has 0 aliphatic heterocycles. The summed E-state index contributed by atoms with van der Waals surface area (Å²) in [6.07, 6.45) is 0. The van der Waals surface area contributed by atoms with Crippen molar-refractivity contribution >= 4 is 32.6 Å². The Morgan fingerprint density at radius 3 is 1.91 bits per heavy atom. The summed E-state index contributed by atoms with van der Waals surface area (Å²) in [6, 6.07) is 37.9. The van der Waals surface area contributed by atoms with Crippen molar-refractivity contribution < 1.29 is 6.85 Å². The van der Waals surface area contributed by atoms with Crippen LogP contribution in [0, 0.1) is 0 Å². The molecule has 7 aromatic carbocycles. The summed E-state index contributed by atoms with van der Waals surface area (Å²) >= 11 is 0. The Labute approximate surface area is 263 Å². The molecule has 44 heavy (non-hydrogen) atoms. The van der Waals surface area contributed by atoms with Gasteiger partial charge in [-0.25, -0.2) is 4.98 Å². The molecular weight excluding hydrogens is 532 g/mol. The molecule has 208 valence electrons. The lowest BCUT2D eigenvalue weighted by Gasteiger charge is -2.23. The third-order valence-electron chi connectivity index (χ3n) is 9.30. The van der Waals surface area contributed by atoms with Crippen molar-refractivity contribution in [3.8, 4) is 39.3 Å². The van der Waals surface area contributed by atoms with Gasteiger partial charge in [0.2, 0.25) is 0 Å². The van der Waals surface area contributed by atoms with E-state index in [9.17, 15) is 0 Å². The van der Waals surface area contributed by atoms with E-state index >= 15 is 0 Å². The van der Waals surface area contributed by atoms with E-state index in [0.717, 1.165) is 38.2 Å². The second-order valence-electron chi connectivity index (χ2n) is 12.0. The fourth-order valence-corrected chi connectivity index (χ4v) is 7.32. The number of imidazole rings is 1. The highest BCUT2D eigenvalue weighted by atomic mass is 15.1. The smallest absolute Gasteiger partial charge is 0.146 e. The van der Waals surface area contributed by atoms with E-state index in [-0.39, 0.29) is 35.3 Å². The molecule has 0 atom stereocenters. The molecule has 0 N–H and O–H groups in total. The Bertz CT molecular complexity index is 2620. The molecule has 0 bridgehead atoms. The Morgan fingerprint density at radius 2 is 1.18 bits per heavy atom. The summed E-state index contributed by atoms with van der Waals surface area (Å²) in [5, 5.41) is 4.01. The molecule has 1 heterocycles. The predicted octanol–water partition coefficient (Wildman–Crippen LogP) is 11.0. The van der Waals surface area contributed by atoms with Crippen LogP contribution in [0.25, 0.3) is 71.9 Å². The van der Waals surface area contributed by atoms with E-state index in [4.69, 9.17) is 11.8 Å². The molecule has 0 radical (unpaired) electrons. The van der Waals surface area contributed by atoms with Crippen molar-refractivity contribution in [3.63, 3.8) is 0 Å². The molecule has 0 saturated heterocycles. The quantitative estimate of drug-likeness (QED) is 0.194. The molecule has 9 rings (SSSR count). The molecule has 0 unspecified atom stereocenters. The monoisotopic (exact) mass is 567 g/mol. The number of para-hydroxylation sites is 3. The highest BCUT2D eigenvalue weighted by Gasteiger charge is 2.35. The topological polar surface area (TPSA) is 17.8 Å². The minimum Gasteiger partial charge on any atom is -0.292 e. The van der Waals surface area contributed by atoms with Gasteiger partial charge in [-0.3, -0.25) is 4.57 Å². The molecule has 1 aliphatic carbocycles. The first-order chi connectivity index (χ1) is 23.7. The van der Waals surface area contributed by atoms with Crippen LogP contribution < -0.4 is 0 Å². The Balaban J connectivity index is 1.39. The fourth-order valence-electron chi connectivity index (χ4n) is 7.32. The number of hydrogen-bond acceptors (Lipinski definition) is 1. The van der Waals surface area contributed by atoms with Crippen LogP contribution in [-0.4, -0.2) is 9.55 Å². The molecular formula is C42H30N2. The number of benzene rings is 7. The van der Waals surface area contributed by atoms with E-state index in [0.29, 0.717) is 16.9 Å². The average Bonchev–Trinajstić information content (AvgIpc) is 3.60. The summed E-state index contributed by atoms with van der Waals surface area (Å²) in [7, 11) is 0. The zero-order valence-corrected chi connectivity index (χ0v) is 24.4. The number of fused-ring (bicyclic) bond motifs is 6. The largest absolute Gasteiger partial charge is 0.292 e. The maximum absolute atomic E-state index is 8.94. The molecule has 2 heteroatoms. The highest BCUT2D eigenvalue weighted by Crippen LogP contribution is 2.51. The van der Waals surface area contributed by atoms with Gasteiger partial charge in [-0.15, -0.1) is 0 Å². The SMILES string of the molecule is [2H]c1c([2H])c([2H])c(-n2c(-c3c4ccccc4c(-c4ccc5c(c4)C(C)(C)c4ccccc4-5)c4ccccc34)nc3ccccc32)c([2H])c1[2H]. The fraction of sp³-hybridized carbons (Fsp3) is 0.0714. The van der Waals surface area contributed by atoms with Crippen LogP contribution in [-0.2, 0) is 5.41 Å². The van der Waals surface area contributed by atoms with Crippen LogP contribution in [0.4, 0.5) is 0 Å². The average molecular weight is 568 g/mol. The Hall–Kier alpha value is -5.47. The molecule has 0 fully saturated rings. The third kappa shape index (κ3) is 3.46. The Kier molecular flexibility index (Phi) is 4.30. The van der Waals surface area contributed by atoms with Crippen LogP contribution >= 0.6 is 0 Å². The molecule has 2 nitrogen and oxygen atoms in total. The summed E-state index contributed by atoms with van der Waals surface area (Å²) in [5.41, 5.74) is 9.52. The zero-order valence-electron chi connectivity index (χ0n) is 29.4. The normalized spacial score (nSPS) is 15.0. The molecule has 0 spiro atoms. The van der Waals surface area contributed by atoms with Crippen LogP contribution in [0.15, 0.2) is 145 Å². The van der Waals surface area contributed by atoms with E-state index in [1.165, 1.54) is 22.3 Å². The van der Waals surface area contributed by atoms with E-state index in [1.54, 1.807) is 4.57 Å². The third-order valence-corrected chi connectivity index (χ3v) is 9.30. The lowest BCUT2D eigenvalue weighted by Crippen LogP contribution is -2.14. The Morgan fingerprint density at radius 1 is 0.591 bits per heavy atom. The van der Waals surface area contributed by atoms with Gasteiger partial charge in [0.05, 0.1) is 17.9 Å². The van der Waals surface area contributed by atoms with Crippen LogP contribution in [0.1, 0.15) is 31.8 Å². The number of rotatable bonds is 3. The number of hydrogen-bond donors (Lipinski definition) is 0. The van der Waals surface area contributed by atoms with E-state index in [1.807, 2.05) is 36.4 Å². The summed E-state index contributed by atoms with van der Waals surface area (Å²) in [4.78, 5) is 5.14. The van der Waals surface area contributed by atoms with Crippen molar-refractivity contribution in [2.45, 2.75) is 19.3 Å². The highest BCUT2D eigenvalue weighted by molar-refractivity contribution is 6.21. The van der Waals surface area contributed by atoms with Gasteiger partial charge in [0, 0.05) is 16.7 Å². The zero-order chi connectivity index (χ0) is 33.8. The molecule has 1 aromatic heterocycles. The van der Waals surface area contributed by atoms with Crippen molar-refractivity contribution in [1.29, 1.82) is 0 Å². The van der Waals surface area contributed by atoms with Crippen molar-refractivity contribution in [2.24, 2.45) is 0 Å². The van der Waals surface area contributed by atoms with Crippen LogP contribution in [0.3, 0.4) is 0 Å². The molecule has 0 amide bonds. The van der Waals surface area contributed by atoms with Gasteiger partial charge in [0.25, 0.3) is 0 Å². The molecule has 0 saturated carbocycles. The lowest BCUT2D eigenvalue weighted by molar-refractivity contribution is 0.660. The second kappa shape index (κ2) is 9.26. The minimum absolute atomic E-state index is 0.0763. The van der Waals surface area contributed by atoms with Crippen molar-refractivity contribution in [2.75, 3.05) is 0 Å². The second-order valence-corrected chi connectivity index (χ2v) is 12.0. The van der Waals surface area contributed by atoms with Gasteiger partial charge in [-0.1, -0.05) is 129 Å². The number of aromatic nitrogens is 2. The number of nitrogens with zero attached hydrogens (tertiary/aromatic N) is 2.